The number of likely N-dealkylation sites (tertiary alicyclic amines) is 1. The highest BCUT2D eigenvalue weighted by Gasteiger charge is 2.33. The molecule has 1 fully saturated rings. The first-order chi connectivity index (χ1) is 11.4. The van der Waals surface area contributed by atoms with E-state index in [2.05, 4.69) is 0 Å². The first-order valence-electron chi connectivity index (χ1n) is 7.94. The molecule has 0 spiro atoms. The van der Waals surface area contributed by atoms with Gasteiger partial charge in [-0.1, -0.05) is 0 Å². The topological polar surface area (TPSA) is 53.0 Å². The number of benzene rings is 1. The molecule has 7 heteroatoms. The van der Waals surface area contributed by atoms with E-state index in [9.17, 15) is 18.7 Å². The van der Waals surface area contributed by atoms with Crippen LogP contribution < -0.4 is 4.74 Å². The minimum atomic E-state index is -0.988. The maximum absolute atomic E-state index is 14.4. The fraction of sp³-hybridized carbons (Fsp3) is 0.588. The van der Waals surface area contributed by atoms with Gasteiger partial charge >= 0.3 is 0 Å². The van der Waals surface area contributed by atoms with Crippen molar-refractivity contribution in [2.45, 2.75) is 6.42 Å². The minimum absolute atomic E-state index is 0.0587. The second-order valence-electron chi connectivity index (χ2n) is 6.56. The van der Waals surface area contributed by atoms with Gasteiger partial charge in [-0.15, -0.1) is 0 Å². The standard InChI is InChI=1S/C17H24F2N2O3/c1-20(2)7-11-6-12(10-22)9-21(8-11)17(23)15-13(18)4-5-14(24-3)16(15)19/h4-5,11-12,22H,6-10H2,1-3H3/t11-,12-/m0/s1. The van der Waals surface area contributed by atoms with E-state index in [0.29, 0.717) is 6.54 Å². The van der Waals surface area contributed by atoms with Crippen LogP contribution in [0.5, 0.6) is 5.75 Å². The van der Waals surface area contributed by atoms with Gasteiger partial charge in [-0.05, 0) is 44.5 Å². The number of hydrogen-bond acceptors (Lipinski definition) is 4. The Hall–Kier alpha value is -1.73. The lowest BCUT2D eigenvalue weighted by Gasteiger charge is -2.38. The van der Waals surface area contributed by atoms with Gasteiger partial charge in [0.1, 0.15) is 11.4 Å². The Labute approximate surface area is 140 Å². The Morgan fingerprint density at radius 3 is 2.58 bits per heavy atom. The molecule has 134 valence electrons. The number of hydrogen-bond donors (Lipinski definition) is 1. The number of halogens is 2. The number of amides is 1. The molecule has 1 heterocycles. The molecule has 2 rings (SSSR count). The van der Waals surface area contributed by atoms with Crippen LogP contribution in [0.3, 0.4) is 0 Å². The zero-order chi connectivity index (χ0) is 17.9. The molecule has 1 amide bonds. The van der Waals surface area contributed by atoms with Gasteiger partial charge in [0.25, 0.3) is 5.91 Å². The largest absolute Gasteiger partial charge is 0.494 e. The summed E-state index contributed by atoms with van der Waals surface area (Å²) in [6, 6.07) is 2.18. The van der Waals surface area contributed by atoms with Crippen molar-refractivity contribution in [3.05, 3.63) is 29.3 Å². The predicted octanol–water partition coefficient (Wildman–Crippen LogP) is 1.61. The SMILES string of the molecule is COc1ccc(F)c(C(=O)N2C[C@@H](CO)C[C@@H](CN(C)C)C2)c1F. The molecule has 0 aliphatic carbocycles. The average Bonchev–Trinajstić information content (AvgIpc) is 2.54. The Morgan fingerprint density at radius 2 is 2.00 bits per heavy atom. The summed E-state index contributed by atoms with van der Waals surface area (Å²) in [5, 5.41) is 9.48. The zero-order valence-electron chi connectivity index (χ0n) is 14.3. The molecule has 0 aromatic heterocycles. The van der Waals surface area contributed by atoms with E-state index in [1.54, 1.807) is 0 Å². The average molecular weight is 342 g/mol. The van der Waals surface area contributed by atoms with Crippen LogP contribution in [0.2, 0.25) is 0 Å². The quantitative estimate of drug-likeness (QED) is 0.883. The summed E-state index contributed by atoms with van der Waals surface area (Å²) >= 11 is 0. The Kier molecular flexibility index (Phi) is 6.12. The molecule has 0 unspecified atom stereocenters. The smallest absolute Gasteiger partial charge is 0.259 e. The lowest BCUT2D eigenvalue weighted by molar-refractivity contribution is 0.0469. The van der Waals surface area contributed by atoms with Gasteiger partial charge in [0.15, 0.2) is 11.6 Å². The van der Waals surface area contributed by atoms with E-state index >= 15 is 0 Å². The predicted molar refractivity (Wildman–Crippen MR) is 86.1 cm³/mol. The van der Waals surface area contributed by atoms with E-state index in [1.807, 2.05) is 19.0 Å². The van der Waals surface area contributed by atoms with Gasteiger partial charge in [-0.25, -0.2) is 8.78 Å². The molecular formula is C17H24F2N2O3. The first kappa shape index (κ1) is 18.6. The number of piperidine rings is 1. The maximum Gasteiger partial charge on any atom is 0.259 e. The highest BCUT2D eigenvalue weighted by molar-refractivity contribution is 5.95. The molecule has 1 aromatic rings. The molecule has 24 heavy (non-hydrogen) atoms. The molecule has 1 aliphatic heterocycles. The van der Waals surface area contributed by atoms with Gasteiger partial charge in [0.2, 0.25) is 0 Å². The van der Waals surface area contributed by atoms with Crippen molar-refractivity contribution >= 4 is 5.91 Å². The van der Waals surface area contributed by atoms with Crippen molar-refractivity contribution in [2.75, 3.05) is 47.4 Å². The van der Waals surface area contributed by atoms with E-state index in [0.717, 1.165) is 25.1 Å². The van der Waals surface area contributed by atoms with Crippen LogP contribution in [0.4, 0.5) is 8.78 Å². The van der Waals surface area contributed by atoms with Gasteiger partial charge < -0.3 is 19.6 Å². The molecule has 5 nitrogen and oxygen atoms in total. The third-order valence-corrected chi connectivity index (χ3v) is 4.28. The molecule has 2 atom stereocenters. The number of aliphatic hydroxyl groups is 1. The fourth-order valence-corrected chi connectivity index (χ4v) is 3.31. The minimum Gasteiger partial charge on any atom is -0.494 e. The summed E-state index contributed by atoms with van der Waals surface area (Å²) in [6.45, 7) is 1.37. The normalized spacial score (nSPS) is 21.2. The van der Waals surface area contributed by atoms with Crippen molar-refractivity contribution in [2.24, 2.45) is 11.8 Å². The number of methoxy groups -OCH3 is 1. The van der Waals surface area contributed by atoms with Crippen LogP contribution >= 0.6 is 0 Å². The Morgan fingerprint density at radius 1 is 1.33 bits per heavy atom. The number of ether oxygens (including phenoxy) is 1. The highest BCUT2D eigenvalue weighted by Crippen LogP contribution is 2.28. The molecule has 0 saturated carbocycles. The van der Waals surface area contributed by atoms with Crippen molar-refractivity contribution in [1.82, 2.24) is 9.80 Å². The van der Waals surface area contributed by atoms with Crippen LogP contribution in [0, 0.1) is 23.5 Å². The third kappa shape index (κ3) is 4.02. The van der Waals surface area contributed by atoms with Gasteiger partial charge in [-0.3, -0.25) is 4.79 Å². The lowest BCUT2D eigenvalue weighted by Crippen LogP contribution is -2.47. The van der Waals surface area contributed by atoms with Crippen LogP contribution in [-0.2, 0) is 0 Å². The molecule has 1 saturated heterocycles. The monoisotopic (exact) mass is 342 g/mol. The molecule has 1 aliphatic rings. The van der Waals surface area contributed by atoms with Crippen molar-refractivity contribution < 1.29 is 23.4 Å². The van der Waals surface area contributed by atoms with Gasteiger partial charge in [0.05, 0.1) is 7.11 Å². The van der Waals surface area contributed by atoms with Crippen molar-refractivity contribution in [3.8, 4) is 5.75 Å². The molecular weight excluding hydrogens is 318 g/mol. The number of nitrogens with zero attached hydrogens (tertiary/aromatic N) is 2. The molecule has 0 bridgehead atoms. The highest BCUT2D eigenvalue weighted by atomic mass is 19.1. The summed E-state index contributed by atoms with van der Waals surface area (Å²) in [5.74, 6) is -2.71. The van der Waals surface area contributed by atoms with Crippen LogP contribution in [0.15, 0.2) is 12.1 Å². The van der Waals surface area contributed by atoms with Crippen molar-refractivity contribution in [3.63, 3.8) is 0 Å². The number of rotatable bonds is 5. The maximum atomic E-state index is 14.4. The van der Waals surface area contributed by atoms with Crippen LogP contribution in [0.1, 0.15) is 16.8 Å². The third-order valence-electron chi connectivity index (χ3n) is 4.28. The second kappa shape index (κ2) is 7.90. The molecule has 1 aromatic carbocycles. The van der Waals surface area contributed by atoms with Crippen LogP contribution in [-0.4, -0.2) is 68.3 Å². The Bertz CT molecular complexity index is 595. The molecule has 0 radical (unpaired) electrons. The second-order valence-corrected chi connectivity index (χ2v) is 6.56. The van der Waals surface area contributed by atoms with Gasteiger partial charge in [0, 0.05) is 26.2 Å². The Balaban J connectivity index is 2.27. The van der Waals surface area contributed by atoms with E-state index in [4.69, 9.17) is 4.74 Å². The van der Waals surface area contributed by atoms with E-state index < -0.39 is 23.1 Å². The van der Waals surface area contributed by atoms with E-state index in [1.165, 1.54) is 12.0 Å². The zero-order valence-corrected chi connectivity index (χ0v) is 14.3. The van der Waals surface area contributed by atoms with E-state index in [-0.39, 0.29) is 30.7 Å². The van der Waals surface area contributed by atoms with Gasteiger partial charge in [-0.2, -0.15) is 0 Å². The summed E-state index contributed by atoms with van der Waals surface area (Å²) in [5.41, 5.74) is -0.600. The lowest BCUT2D eigenvalue weighted by atomic mass is 9.89. The first-order valence-corrected chi connectivity index (χ1v) is 7.94. The number of aliphatic hydroxyl groups excluding tert-OH is 1. The fourth-order valence-electron chi connectivity index (χ4n) is 3.31. The number of carbonyl (C=O) groups excluding carboxylic acids is 1. The summed E-state index contributed by atoms with van der Waals surface area (Å²) < 4.78 is 33.2. The van der Waals surface area contributed by atoms with Crippen molar-refractivity contribution in [1.29, 1.82) is 0 Å². The van der Waals surface area contributed by atoms with Crippen LogP contribution in [0.25, 0.3) is 0 Å². The molecule has 1 N–H and O–H groups in total. The summed E-state index contributed by atoms with van der Waals surface area (Å²) in [4.78, 5) is 16.1. The number of carbonyl (C=O) groups is 1. The summed E-state index contributed by atoms with van der Waals surface area (Å²) in [7, 11) is 5.12. The summed E-state index contributed by atoms with van der Waals surface area (Å²) in [6.07, 6.45) is 0.779.